The molecule has 25 heavy (non-hydrogen) atoms. The van der Waals surface area contributed by atoms with Gasteiger partial charge in [-0.15, -0.1) is 18.3 Å². The fraction of sp³-hybridized carbons (Fsp3) is 0.158. The number of hydrogen-bond acceptors (Lipinski definition) is 3. The number of halogens is 1. The van der Waals surface area contributed by atoms with Crippen LogP contribution >= 0.6 is 11.8 Å². The van der Waals surface area contributed by atoms with Gasteiger partial charge in [0.05, 0.1) is 5.75 Å². The number of nitrogens with one attached hydrogen (secondary N) is 2. The van der Waals surface area contributed by atoms with Crippen LogP contribution in [0.15, 0.2) is 61.2 Å². The lowest BCUT2D eigenvalue weighted by atomic mass is 10.1. The molecule has 0 unspecified atom stereocenters. The van der Waals surface area contributed by atoms with Crippen LogP contribution in [0.2, 0.25) is 0 Å². The largest absolute Gasteiger partial charge is 0.349 e. The van der Waals surface area contributed by atoms with Gasteiger partial charge < -0.3 is 10.6 Å². The van der Waals surface area contributed by atoms with E-state index in [1.165, 1.54) is 36.0 Å². The number of hydrogen-bond donors (Lipinski definition) is 2. The van der Waals surface area contributed by atoms with E-state index in [0.29, 0.717) is 29.3 Å². The zero-order valence-corrected chi connectivity index (χ0v) is 14.4. The molecule has 0 aliphatic rings. The summed E-state index contributed by atoms with van der Waals surface area (Å²) in [5.41, 5.74) is 2.19. The molecule has 2 aromatic rings. The number of carbonyl (C=O) groups excluding carboxylic acids is 2. The maximum absolute atomic E-state index is 12.8. The van der Waals surface area contributed by atoms with Gasteiger partial charge in [0.2, 0.25) is 5.91 Å². The van der Waals surface area contributed by atoms with Crippen molar-refractivity contribution < 1.29 is 14.0 Å². The Morgan fingerprint density at radius 3 is 2.40 bits per heavy atom. The molecule has 0 saturated carbocycles. The molecule has 4 nitrogen and oxygen atoms in total. The van der Waals surface area contributed by atoms with E-state index in [0.717, 1.165) is 5.56 Å². The highest BCUT2D eigenvalue weighted by Gasteiger charge is 2.06. The second kappa shape index (κ2) is 9.64. The first-order valence-corrected chi connectivity index (χ1v) is 8.85. The Kier molecular flexibility index (Phi) is 7.22. The Morgan fingerprint density at radius 2 is 1.76 bits per heavy atom. The quantitative estimate of drug-likeness (QED) is 0.709. The van der Waals surface area contributed by atoms with Gasteiger partial charge in [0.1, 0.15) is 5.82 Å². The molecule has 0 atom stereocenters. The van der Waals surface area contributed by atoms with Gasteiger partial charge in [-0.3, -0.25) is 9.59 Å². The molecule has 2 amide bonds. The summed E-state index contributed by atoms with van der Waals surface area (Å²) >= 11 is 1.47. The zero-order chi connectivity index (χ0) is 18.1. The zero-order valence-electron chi connectivity index (χ0n) is 13.6. The lowest BCUT2D eigenvalue weighted by Gasteiger charge is -2.06. The maximum Gasteiger partial charge on any atom is 0.251 e. The normalized spacial score (nSPS) is 10.1. The molecule has 0 heterocycles. The summed E-state index contributed by atoms with van der Waals surface area (Å²) in [6.45, 7) is 3.98. The highest BCUT2D eigenvalue weighted by molar-refractivity contribution is 7.99. The van der Waals surface area contributed by atoms with E-state index < -0.39 is 0 Å². The SMILES string of the molecule is C=CCNC(=O)c1ccc(CSCC(=O)Nc2ccc(F)cc2)cc1. The molecule has 0 aromatic heterocycles. The van der Waals surface area contributed by atoms with Gasteiger partial charge in [-0.25, -0.2) is 4.39 Å². The predicted molar refractivity (Wildman–Crippen MR) is 100 cm³/mol. The topological polar surface area (TPSA) is 58.2 Å². The van der Waals surface area contributed by atoms with E-state index in [9.17, 15) is 14.0 Å². The monoisotopic (exact) mass is 358 g/mol. The predicted octanol–water partition coefficient (Wildman–Crippen LogP) is 3.61. The third kappa shape index (κ3) is 6.43. The van der Waals surface area contributed by atoms with Crippen molar-refractivity contribution in [3.8, 4) is 0 Å². The minimum Gasteiger partial charge on any atom is -0.349 e. The van der Waals surface area contributed by atoms with Crippen molar-refractivity contribution >= 4 is 29.3 Å². The van der Waals surface area contributed by atoms with Crippen molar-refractivity contribution in [2.45, 2.75) is 5.75 Å². The molecular formula is C19H19FN2O2S. The van der Waals surface area contributed by atoms with Crippen LogP contribution in [-0.2, 0) is 10.5 Å². The summed E-state index contributed by atoms with van der Waals surface area (Å²) in [7, 11) is 0. The van der Waals surface area contributed by atoms with Crippen molar-refractivity contribution in [1.29, 1.82) is 0 Å². The van der Waals surface area contributed by atoms with Crippen LogP contribution in [0.3, 0.4) is 0 Å². The lowest BCUT2D eigenvalue weighted by molar-refractivity contribution is -0.113. The molecule has 0 aliphatic carbocycles. The summed E-state index contributed by atoms with van der Waals surface area (Å²) in [6, 6.07) is 12.9. The van der Waals surface area contributed by atoms with Gasteiger partial charge in [0.25, 0.3) is 5.91 Å². The van der Waals surface area contributed by atoms with Crippen molar-refractivity contribution in [2.24, 2.45) is 0 Å². The Balaban J connectivity index is 1.75. The molecular weight excluding hydrogens is 339 g/mol. The first kappa shape index (κ1) is 18.7. The summed E-state index contributed by atoms with van der Waals surface area (Å²) in [6.07, 6.45) is 1.62. The second-order valence-corrected chi connectivity index (χ2v) is 6.23. The van der Waals surface area contributed by atoms with Crippen LogP contribution in [0, 0.1) is 5.82 Å². The van der Waals surface area contributed by atoms with Crippen LogP contribution in [0.25, 0.3) is 0 Å². The number of benzene rings is 2. The molecule has 2 N–H and O–H groups in total. The first-order chi connectivity index (χ1) is 12.1. The molecule has 0 aliphatic heterocycles. The van der Waals surface area contributed by atoms with Crippen LogP contribution in [0.5, 0.6) is 0 Å². The average Bonchev–Trinajstić information content (AvgIpc) is 2.62. The van der Waals surface area contributed by atoms with Gasteiger partial charge >= 0.3 is 0 Å². The van der Waals surface area contributed by atoms with Gasteiger partial charge in [-0.1, -0.05) is 18.2 Å². The average molecular weight is 358 g/mol. The molecule has 0 bridgehead atoms. The van der Waals surface area contributed by atoms with E-state index in [2.05, 4.69) is 17.2 Å². The van der Waals surface area contributed by atoms with Crippen LogP contribution < -0.4 is 10.6 Å². The molecule has 0 fully saturated rings. The van der Waals surface area contributed by atoms with Gasteiger partial charge in [-0.05, 0) is 42.0 Å². The van der Waals surface area contributed by atoms with Crippen molar-refractivity contribution in [3.05, 3.63) is 78.1 Å². The Hall–Kier alpha value is -2.60. The van der Waals surface area contributed by atoms with Gasteiger partial charge in [0, 0.05) is 23.5 Å². The molecule has 2 rings (SSSR count). The smallest absolute Gasteiger partial charge is 0.251 e. The minimum absolute atomic E-state index is 0.141. The molecule has 6 heteroatoms. The van der Waals surface area contributed by atoms with Crippen molar-refractivity contribution in [3.63, 3.8) is 0 Å². The first-order valence-electron chi connectivity index (χ1n) is 7.69. The Labute approximate surface area is 150 Å². The Bertz CT molecular complexity index is 730. The van der Waals surface area contributed by atoms with Gasteiger partial charge in [0.15, 0.2) is 0 Å². The van der Waals surface area contributed by atoms with E-state index in [4.69, 9.17) is 0 Å². The van der Waals surface area contributed by atoms with Crippen molar-refractivity contribution in [2.75, 3.05) is 17.6 Å². The molecule has 0 radical (unpaired) electrons. The third-order valence-corrected chi connectivity index (χ3v) is 4.26. The standard InChI is InChI=1S/C19H19FN2O2S/c1-2-11-21-19(24)15-5-3-14(4-6-15)12-25-13-18(23)22-17-9-7-16(20)8-10-17/h2-10H,1,11-13H2,(H,21,24)(H,22,23). The maximum atomic E-state index is 12.8. The summed E-state index contributed by atoms with van der Waals surface area (Å²) < 4.78 is 12.8. The minimum atomic E-state index is -0.339. The number of anilines is 1. The fourth-order valence-corrected chi connectivity index (χ4v) is 2.80. The highest BCUT2D eigenvalue weighted by Crippen LogP contribution is 2.14. The van der Waals surface area contributed by atoms with Crippen molar-refractivity contribution in [1.82, 2.24) is 5.32 Å². The number of amides is 2. The number of thioether (sulfide) groups is 1. The number of carbonyl (C=O) groups is 2. The molecule has 0 saturated heterocycles. The van der Waals surface area contributed by atoms with Crippen LogP contribution in [0.1, 0.15) is 15.9 Å². The summed E-state index contributed by atoms with van der Waals surface area (Å²) in [5, 5.41) is 5.43. The Morgan fingerprint density at radius 1 is 1.08 bits per heavy atom. The highest BCUT2D eigenvalue weighted by atomic mass is 32.2. The van der Waals surface area contributed by atoms with Crippen LogP contribution in [0.4, 0.5) is 10.1 Å². The van der Waals surface area contributed by atoms with E-state index in [1.807, 2.05) is 12.1 Å². The van der Waals surface area contributed by atoms with E-state index in [1.54, 1.807) is 18.2 Å². The fourth-order valence-electron chi connectivity index (χ4n) is 2.01. The van der Waals surface area contributed by atoms with Crippen LogP contribution in [-0.4, -0.2) is 24.1 Å². The second-order valence-electron chi connectivity index (χ2n) is 5.24. The summed E-state index contributed by atoms with van der Waals surface area (Å²) in [5.74, 6) is 0.327. The third-order valence-electron chi connectivity index (χ3n) is 3.25. The molecule has 130 valence electrons. The molecule has 0 spiro atoms. The summed E-state index contributed by atoms with van der Waals surface area (Å²) in [4.78, 5) is 23.6. The van der Waals surface area contributed by atoms with Gasteiger partial charge in [-0.2, -0.15) is 0 Å². The lowest BCUT2D eigenvalue weighted by Crippen LogP contribution is -2.23. The number of rotatable bonds is 8. The van der Waals surface area contributed by atoms with E-state index in [-0.39, 0.29) is 17.6 Å². The van der Waals surface area contributed by atoms with E-state index >= 15 is 0 Å². The molecule has 2 aromatic carbocycles.